The maximum Gasteiger partial charge on any atom is 0.159 e. The summed E-state index contributed by atoms with van der Waals surface area (Å²) in [5, 5.41) is 9.27. The number of aryl methyl sites for hydroxylation is 4. The molecule has 1 heterocycles. The Kier molecular flexibility index (Phi) is 3.75. The van der Waals surface area contributed by atoms with Crippen LogP contribution in [0.2, 0.25) is 0 Å². The molecule has 0 bridgehead atoms. The molecule has 0 aliphatic heterocycles. The standard InChI is InChI=1S/C20H19N3/c1-13-5-7-17(8-6-13)20-22-18(11-21)12-23(20)19-15(3)9-14(2)10-16(19)4/h5-10,12H,1-4H3. The minimum atomic E-state index is 0.431. The van der Waals surface area contributed by atoms with Crippen molar-refractivity contribution in [1.82, 2.24) is 9.55 Å². The number of nitrogens with zero attached hydrogens (tertiary/aromatic N) is 3. The first-order valence-electron chi connectivity index (χ1n) is 7.64. The highest BCUT2D eigenvalue weighted by Crippen LogP contribution is 2.28. The molecule has 3 aromatic rings. The Morgan fingerprint density at radius 2 is 1.52 bits per heavy atom. The molecular formula is C20H19N3. The molecule has 0 saturated heterocycles. The molecule has 114 valence electrons. The Morgan fingerprint density at radius 3 is 2.09 bits per heavy atom. The molecule has 0 atom stereocenters. The molecule has 0 aliphatic rings. The van der Waals surface area contributed by atoms with Crippen LogP contribution in [0.4, 0.5) is 0 Å². The predicted octanol–water partition coefficient (Wildman–Crippen LogP) is 4.64. The second-order valence-corrected chi connectivity index (χ2v) is 6.04. The lowest BCUT2D eigenvalue weighted by Crippen LogP contribution is -2.02. The Labute approximate surface area is 136 Å². The fourth-order valence-electron chi connectivity index (χ4n) is 3.06. The van der Waals surface area contributed by atoms with Crippen molar-refractivity contribution in [2.75, 3.05) is 0 Å². The van der Waals surface area contributed by atoms with Gasteiger partial charge >= 0.3 is 0 Å². The van der Waals surface area contributed by atoms with E-state index >= 15 is 0 Å². The van der Waals surface area contributed by atoms with Crippen LogP contribution >= 0.6 is 0 Å². The lowest BCUT2D eigenvalue weighted by molar-refractivity contribution is 1.03. The topological polar surface area (TPSA) is 41.6 Å². The van der Waals surface area contributed by atoms with Gasteiger partial charge < -0.3 is 0 Å². The second kappa shape index (κ2) is 5.73. The molecule has 3 nitrogen and oxygen atoms in total. The molecule has 23 heavy (non-hydrogen) atoms. The molecule has 0 spiro atoms. The summed E-state index contributed by atoms with van der Waals surface area (Å²) in [7, 11) is 0. The number of benzene rings is 2. The van der Waals surface area contributed by atoms with E-state index in [1.54, 1.807) is 0 Å². The number of rotatable bonds is 2. The van der Waals surface area contributed by atoms with Gasteiger partial charge in [0.1, 0.15) is 11.9 Å². The Hall–Kier alpha value is -2.86. The fraction of sp³-hybridized carbons (Fsp3) is 0.200. The number of imidazole rings is 1. The third kappa shape index (κ3) is 2.76. The fourth-order valence-corrected chi connectivity index (χ4v) is 3.06. The van der Waals surface area contributed by atoms with Gasteiger partial charge in [-0.1, -0.05) is 47.5 Å². The zero-order chi connectivity index (χ0) is 16.6. The third-order valence-electron chi connectivity index (χ3n) is 4.01. The summed E-state index contributed by atoms with van der Waals surface area (Å²) in [5.41, 5.74) is 7.34. The smallest absolute Gasteiger partial charge is 0.159 e. The summed E-state index contributed by atoms with van der Waals surface area (Å²) in [6, 6.07) is 14.7. The van der Waals surface area contributed by atoms with Gasteiger partial charge in [-0.15, -0.1) is 0 Å². The first-order chi connectivity index (χ1) is 11.0. The van der Waals surface area contributed by atoms with Gasteiger partial charge in [0.25, 0.3) is 0 Å². The summed E-state index contributed by atoms with van der Waals surface area (Å²) in [6.07, 6.45) is 1.82. The Balaban J connectivity index is 2.27. The number of hydrogen-bond acceptors (Lipinski definition) is 2. The monoisotopic (exact) mass is 301 g/mol. The van der Waals surface area contributed by atoms with Crippen molar-refractivity contribution >= 4 is 0 Å². The van der Waals surface area contributed by atoms with Gasteiger partial charge in [-0.25, -0.2) is 4.98 Å². The van der Waals surface area contributed by atoms with E-state index in [-0.39, 0.29) is 0 Å². The van der Waals surface area contributed by atoms with E-state index in [4.69, 9.17) is 0 Å². The van der Waals surface area contributed by atoms with Gasteiger partial charge in [-0.05, 0) is 38.8 Å². The summed E-state index contributed by atoms with van der Waals surface area (Å²) in [5.74, 6) is 0.802. The van der Waals surface area contributed by atoms with Crippen LogP contribution in [-0.2, 0) is 0 Å². The second-order valence-electron chi connectivity index (χ2n) is 6.04. The van der Waals surface area contributed by atoms with Gasteiger partial charge in [0, 0.05) is 11.8 Å². The molecule has 0 radical (unpaired) electrons. The number of nitriles is 1. The molecular weight excluding hydrogens is 282 g/mol. The first kappa shape index (κ1) is 15.1. The minimum Gasteiger partial charge on any atom is -0.298 e. The van der Waals surface area contributed by atoms with Gasteiger partial charge in [0.2, 0.25) is 0 Å². The summed E-state index contributed by atoms with van der Waals surface area (Å²) < 4.78 is 2.04. The molecule has 1 aromatic heterocycles. The SMILES string of the molecule is Cc1ccc(-c2nc(C#N)cn2-c2c(C)cc(C)cc2C)cc1. The molecule has 0 aliphatic carbocycles. The van der Waals surface area contributed by atoms with E-state index in [2.05, 4.69) is 63.0 Å². The highest BCUT2D eigenvalue weighted by molar-refractivity contribution is 5.63. The van der Waals surface area contributed by atoms with Crippen LogP contribution < -0.4 is 0 Å². The zero-order valence-electron chi connectivity index (χ0n) is 13.9. The molecule has 3 rings (SSSR count). The van der Waals surface area contributed by atoms with Crippen molar-refractivity contribution in [2.24, 2.45) is 0 Å². The highest BCUT2D eigenvalue weighted by Gasteiger charge is 2.15. The quantitative estimate of drug-likeness (QED) is 0.691. The molecule has 0 fully saturated rings. The van der Waals surface area contributed by atoms with Crippen molar-refractivity contribution < 1.29 is 0 Å². The van der Waals surface area contributed by atoms with Crippen LogP contribution in [0.25, 0.3) is 17.1 Å². The minimum absolute atomic E-state index is 0.431. The van der Waals surface area contributed by atoms with E-state index < -0.39 is 0 Å². The Bertz CT molecular complexity index is 886. The largest absolute Gasteiger partial charge is 0.298 e. The van der Waals surface area contributed by atoms with Crippen LogP contribution in [0.1, 0.15) is 27.9 Å². The molecule has 0 N–H and O–H groups in total. The predicted molar refractivity (Wildman–Crippen MR) is 92.7 cm³/mol. The number of hydrogen-bond donors (Lipinski definition) is 0. The average molecular weight is 301 g/mol. The lowest BCUT2D eigenvalue weighted by Gasteiger charge is -2.15. The van der Waals surface area contributed by atoms with Gasteiger partial charge in [0.15, 0.2) is 5.69 Å². The van der Waals surface area contributed by atoms with E-state index in [9.17, 15) is 5.26 Å². The highest BCUT2D eigenvalue weighted by atomic mass is 15.1. The van der Waals surface area contributed by atoms with Crippen molar-refractivity contribution in [3.63, 3.8) is 0 Å². The number of aromatic nitrogens is 2. The molecule has 2 aromatic carbocycles. The summed E-state index contributed by atoms with van der Waals surface area (Å²) in [6.45, 7) is 8.35. The maximum absolute atomic E-state index is 9.27. The van der Waals surface area contributed by atoms with Crippen molar-refractivity contribution in [2.45, 2.75) is 27.7 Å². The van der Waals surface area contributed by atoms with Gasteiger partial charge in [0.05, 0.1) is 5.69 Å². The molecule has 0 amide bonds. The third-order valence-corrected chi connectivity index (χ3v) is 4.01. The lowest BCUT2D eigenvalue weighted by atomic mass is 10.0. The van der Waals surface area contributed by atoms with Crippen LogP contribution in [0, 0.1) is 39.0 Å². The van der Waals surface area contributed by atoms with E-state index in [1.165, 1.54) is 22.3 Å². The van der Waals surface area contributed by atoms with E-state index in [1.807, 2.05) is 22.9 Å². The van der Waals surface area contributed by atoms with Gasteiger partial charge in [-0.3, -0.25) is 4.57 Å². The molecule has 0 saturated carbocycles. The van der Waals surface area contributed by atoms with Crippen LogP contribution in [-0.4, -0.2) is 9.55 Å². The molecule has 0 unspecified atom stereocenters. The van der Waals surface area contributed by atoms with Crippen molar-refractivity contribution in [1.29, 1.82) is 5.26 Å². The summed E-state index contributed by atoms with van der Waals surface area (Å²) in [4.78, 5) is 4.51. The van der Waals surface area contributed by atoms with Crippen LogP contribution in [0.3, 0.4) is 0 Å². The van der Waals surface area contributed by atoms with E-state index in [0.29, 0.717) is 5.69 Å². The van der Waals surface area contributed by atoms with Crippen LogP contribution in [0.5, 0.6) is 0 Å². The zero-order valence-corrected chi connectivity index (χ0v) is 13.9. The normalized spacial score (nSPS) is 10.6. The van der Waals surface area contributed by atoms with Crippen molar-refractivity contribution in [3.8, 4) is 23.1 Å². The first-order valence-corrected chi connectivity index (χ1v) is 7.64. The van der Waals surface area contributed by atoms with E-state index in [0.717, 1.165) is 17.1 Å². The Morgan fingerprint density at radius 1 is 0.913 bits per heavy atom. The van der Waals surface area contributed by atoms with Crippen LogP contribution in [0.15, 0.2) is 42.6 Å². The molecule has 3 heteroatoms. The van der Waals surface area contributed by atoms with Crippen molar-refractivity contribution in [3.05, 3.63) is 70.5 Å². The maximum atomic E-state index is 9.27. The average Bonchev–Trinajstić information content (AvgIpc) is 2.91. The van der Waals surface area contributed by atoms with Gasteiger partial charge in [-0.2, -0.15) is 5.26 Å². The summed E-state index contributed by atoms with van der Waals surface area (Å²) >= 11 is 0.